The fourth-order valence-electron chi connectivity index (χ4n) is 3.85. The van der Waals surface area contributed by atoms with Crippen LogP contribution in [0.5, 0.6) is 0 Å². The van der Waals surface area contributed by atoms with E-state index in [1.54, 1.807) is 0 Å². The lowest BCUT2D eigenvalue weighted by molar-refractivity contribution is -0.0288. The number of pyridine rings is 1. The van der Waals surface area contributed by atoms with Crippen molar-refractivity contribution in [1.29, 1.82) is 0 Å². The maximum absolute atomic E-state index is 6.48. The van der Waals surface area contributed by atoms with Gasteiger partial charge < -0.3 is 19.7 Å². The molecule has 26 heavy (non-hydrogen) atoms. The van der Waals surface area contributed by atoms with Crippen molar-refractivity contribution in [2.45, 2.75) is 25.0 Å². The van der Waals surface area contributed by atoms with E-state index in [-0.39, 0.29) is 0 Å². The molecule has 1 aliphatic carbocycles. The molecule has 5 heteroatoms. The fourth-order valence-corrected chi connectivity index (χ4v) is 3.85. The largest absolute Gasteiger partial charge is 0.378 e. The van der Waals surface area contributed by atoms with Crippen LogP contribution >= 0.6 is 0 Å². The van der Waals surface area contributed by atoms with Gasteiger partial charge >= 0.3 is 0 Å². The summed E-state index contributed by atoms with van der Waals surface area (Å²) >= 11 is 0. The number of benzene rings is 1. The molecule has 1 saturated heterocycles. The van der Waals surface area contributed by atoms with Crippen LogP contribution in [-0.2, 0) is 21.6 Å². The molecule has 0 spiro atoms. The number of fused-ring (bicyclic) bond motifs is 1. The van der Waals surface area contributed by atoms with Gasteiger partial charge in [0.2, 0.25) is 0 Å². The molecule has 1 unspecified atom stereocenters. The van der Waals surface area contributed by atoms with E-state index in [1.807, 2.05) is 12.3 Å². The minimum atomic E-state index is -0.497. The van der Waals surface area contributed by atoms with E-state index in [9.17, 15) is 0 Å². The molecule has 136 valence electrons. The SMILES string of the molecule is c1cnc2c(c1)CC(OCC1CC1)(c1ccc(N3CCOCC3)cc1)N2. The maximum atomic E-state index is 6.48. The van der Waals surface area contributed by atoms with Crippen LogP contribution in [0.1, 0.15) is 24.0 Å². The van der Waals surface area contributed by atoms with Gasteiger partial charge in [-0.2, -0.15) is 0 Å². The van der Waals surface area contributed by atoms with Crippen LogP contribution in [-0.4, -0.2) is 37.9 Å². The third-order valence-electron chi connectivity index (χ3n) is 5.62. The molecule has 2 fully saturated rings. The van der Waals surface area contributed by atoms with Crippen LogP contribution in [0, 0.1) is 5.92 Å². The first-order valence-electron chi connectivity index (χ1n) is 9.62. The maximum Gasteiger partial charge on any atom is 0.170 e. The van der Waals surface area contributed by atoms with Gasteiger partial charge in [0.15, 0.2) is 5.72 Å². The Hall–Kier alpha value is -2.11. The van der Waals surface area contributed by atoms with Gasteiger partial charge in [-0.3, -0.25) is 0 Å². The van der Waals surface area contributed by atoms with E-state index in [1.165, 1.54) is 29.7 Å². The van der Waals surface area contributed by atoms with Gasteiger partial charge in [-0.25, -0.2) is 4.98 Å². The molecule has 1 aromatic heterocycles. The van der Waals surface area contributed by atoms with Crippen LogP contribution in [0.4, 0.5) is 11.5 Å². The normalized spacial score (nSPS) is 25.0. The fraction of sp³-hybridized carbons (Fsp3) is 0.476. The Kier molecular flexibility index (Phi) is 4.06. The smallest absolute Gasteiger partial charge is 0.170 e. The molecule has 1 aromatic carbocycles. The zero-order valence-corrected chi connectivity index (χ0v) is 15.0. The Morgan fingerprint density at radius 1 is 1.15 bits per heavy atom. The van der Waals surface area contributed by atoms with E-state index in [2.05, 4.69) is 45.5 Å². The molecule has 0 bridgehead atoms. The molecule has 1 saturated carbocycles. The quantitative estimate of drug-likeness (QED) is 0.897. The number of nitrogens with one attached hydrogen (secondary N) is 1. The zero-order chi connectivity index (χ0) is 17.4. The summed E-state index contributed by atoms with van der Waals surface area (Å²) in [5, 5.41) is 3.58. The molecule has 5 rings (SSSR count). The predicted molar refractivity (Wildman–Crippen MR) is 101 cm³/mol. The van der Waals surface area contributed by atoms with Gasteiger partial charge in [-0.15, -0.1) is 0 Å². The molecule has 5 nitrogen and oxygen atoms in total. The van der Waals surface area contributed by atoms with Crippen molar-refractivity contribution in [2.24, 2.45) is 5.92 Å². The monoisotopic (exact) mass is 351 g/mol. The molecule has 3 aliphatic rings. The minimum absolute atomic E-state index is 0.497. The van der Waals surface area contributed by atoms with Gasteiger partial charge in [0, 0.05) is 37.0 Å². The first kappa shape index (κ1) is 16.1. The van der Waals surface area contributed by atoms with Gasteiger partial charge in [0.25, 0.3) is 0 Å². The number of rotatable bonds is 5. The number of ether oxygens (including phenoxy) is 2. The summed E-state index contributed by atoms with van der Waals surface area (Å²) in [5.74, 6) is 1.67. The third kappa shape index (κ3) is 3.06. The van der Waals surface area contributed by atoms with Crippen molar-refractivity contribution < 1.29 is 9.47 Å². The number of hydrogen-bond acceptors (Lipinski definition) is 5. The highest BCUT2D eigenvalue weighted by molar-refractivity contribution is 5.56. The van der Waals surface area contributed by atoms with Gasteiger partial charge in [0.1, 0.15) is 5.82 Å². The van der Waals surface area contributed by atoms with Gasteiger partial charge in [0.05, 0.1) is 19.8 Å². The topological polar surface area (TPSA) is 46.6 Å². The first-order chi connectivity index (χ1) is 12.8. The first-order valence-corrected chi connectivity index (χ1v) is 9.62. The average Bonchev–Trinajstić information content (AvgIpc) is 3.46. The van der Waals surface area contributed by atoms with Crippen molar-refractivity contribution in [1.82, 2.24) is 4.98 Å². The molecule has 1 N–H and O–H groups in total. The summed E-state index contributed by atoms with van der Waals surface area (Å²) in [4.78, 5) is 6.88. The summed E-state index contributed by atoms with van der Waals surface area (Å²) in [6, 6.07) is 13.0. The van der Waals surface area contributed by atoms with E-state index < -0.39 is 5.72 Å². The van der Waals surface area contributed by atoms with E-state index in [0.717, 1.165) is 51.1 Å². The van der Waals surface area contributed by atoms with E-state index >= 15 is 0 Å². The number of anilines is 2. The highest BCUT2D eigenvalue weighted by Gasteiger charge is 2.41. The number of hydrogen-bond donors (Lipinski definition) is 1. The Labute approximate surface area is 154 Å². The standard InChI is InChI=1S/C21H25N3O2/c1-2-17-14-21(23-20(17)22-9-1,26-15-16-3-4-16)18-5-7-19(8-6-18)24-10-12-25-13-11-24/h1-2,5-9,16H,3-4,10-15H2,(H,22,23). The highest BCUT2D eigenvalue weighted by atomic mass is 16.5. The van der Waals surface area contributed by atoms with Crippen molar-refractivity contribution in [3.63, 3.8) is 0 Å². The minimum Gasteiger partial charge on any atom is -0.378 e. The van der Waals surface area contributed by atoms with Crippen molar-refractivity contribution in [2.75, 3.05) is 43.1 Å². The van der Waals surface area contributed by atoms with Crippen molar-refractivity contribution in [3.8, 4) is 0 Å². The summed E-state index contributed by atoms with van der Waals surface area (Å²) in [6.07, 6.45) is 5.23. The molecule has 2 aromatic rings. The Balaban J connectivity index is 1.41. The second-order valence-electron chi connectivity index (χ2n) is 7.54. The second-order valence-corrected chi connectivity index (χ2v) is 7.54. The summed E-state index contributed by atoms with van der Waals surface area (Å²) in [5.41, 5.74) is 3.15. The summed E-state index contributed by atoms with van der Waals surface area (Å²) < 4.78 is 11.9. The molecular weight excluding hydrogens is 326 g/mol. The van der Waals surface area contributed by atoms with Crippen LogP contribution in [0.15, 0.2) is 42.6 Å². The molecule has 1 atom stereocenters. The molecule has 0 amide bonds. The third-order valence-corrected chi connectivity index (χ3v) is 5.62. The zero-order valence-electron chi connectivity index (χ0n) is 15.0. The highest BCUT2D eigenvalue weighted by Crippen LogP contribution is 2.41. The Morgan fingerprint density at radius 3 is 2.69 bits per heavy atom. The van der Waals surface area contributed by atoms with Crippen LogP contribution in [0.25, 0.3) is 0 Å². The van der Waals surface area contributed by atoms with E-state index in [0.29, 0.717) is 0 Å². The average molecular weight is 351 g/mol. The van der Waals surface area contributed by atoms with Crippen LogP contribution < -0.4 is 10.2 Å². The lowest BCUT2D eigenvalue weighted by atomic mass is 9.98. The molecule has 2 aliphatic heterocycles. The predicted octanol–water partition coefficient (Wildman–Crippen LogP) is 3.17. The lowest BCUT2D eigenvalue weighted by Gasteiger charge is -2.32. The summed E-state index contributed by atoms with van der Waals surface area (Å²) in [6.45, 7) is 4.33. The number of morpholine rings is 1. The summed E-state index contributed by atoms with van der Waals surface area (Å²) in [7, 11) is 0. The molecule has 3 heterocycles. The van der Waals surface area contributed by atoms with Crippen LogP contribution in [0.2, 0.25) is 0 Å². The number of aromatic nitrogens is 1. The van der Waals surface area contributed by atoms with Crippen molar-refractivity contribution in [3.05, 3.63) is 53.7 Å². The van der Waals surface area contributed by atoms with Crippen LogP contribution in [0.3, 0.4) is 0 Å². The number of nitrogens with zero attached hydrogens (tertiary/aromatic N) is 2. The molecule has 0 radical (unpaired) electrons. The van der Waals surface area contributed by atoms with Gasteiger partial charge in [-0.1, -0.05) is 18.2 Å². The second kappa shape index (κ2) is 6.56. The Bertz CT molecular complexity index is 742. The lowest BCUT2D eigenvalue weighted by Crippen LogP contribution is -2.38. The van der Waals surface area contributed by atoms with Gasteiger partial charge in [-0.05, 0) is 42.5 Å². The van der Waals surface area contributed by atoms with E-state index in [4.69, 9.17) is 9.47 Å². The Morgan fingerprint density at radius 2 is 1.96 bits per heavy atom. The van der Waals surface area contributed by atoms with Crippen molar-refractivity contribution >= 4 is 11.5 Å². The molecular formula is C21H25N3O2.